The van der Waals surface area contributed by atoms with Gasteiger partial charge in [0.1, 0.15) is 25.4 Å². The Balaban J connectivity index is 0. The fourth-order valence-electron chi connectivity index (χ4n) is 0.359. The van der Waals surface area contributed by atoms with Crippen molar-refractivity contribution in [1.29, 1.82) is 0 Å². The molecule has 0 amide bonds. The molecule has 0 aliphatic carbocycles. The summed E-state index contributed by atoms with van der Waals surface area (Å²) in [5, 5.41) is 34.1. The van der Waals surface area contributed by atoms with Crippen LogP contribution in [-0.4, -0.2) is 88.6 Å². The van der Waals surface area contributed by atoms with Crippen LogP contribution in [0.5, 0.6) is 0 Å². The van der Waals surface area contributed by atoms with E-state index in [1.165, 1.54) is 0 Å². The summed E-state index contributed by atoms with van der Waals surface area (Å²) in [4.78, 5) is 8.76. The molecule has 0 radical (unpaired) electrons. The molecule has 0 bridgehead atoms. The number of hydrogen-bond donors (Lipinski definition) is 4. The molecule has 0 saturated carbocycles. The molecule has 0 heterocycles. The first-order valence-electron chi connectivity index (χ1n) is 3.53. The van der Waals surface area contributed by atoms with Crippen molar-refractivity contribution < 1.29 is 30.2 Å². The van der Waals surface area contributed by atoms with E-state index in [1.807, 2.05) is 0 Å². The van der Waals surface area contributed by atoms with Gasteiger partial charge in [0.2, 0.25) is 0 Å². The van der Waals surface area contributed by atoms with Gasteiger partial charge in [-0.25, -0.2) is 9.78 Å². The zero-order chi connectivity index (χ0) is 9.40. The Hall–Kier alpha value is 0.760. The molecule has 2 atom stereocenters. The van der Waals surface area contributed by atoms with Crippen LogP contribution in [0.15, 0.2) is 0 Å². The number of aliphatic hydroxyl groups is 4. The molecule has 7 heteroatoms. The molecule has 0 aromatic carbocycles. The van der Waals surface area contributed by atoms with Gasteiger partial charge in [-0.2, -0.15) is 0 Å². The van der Waals surface area contributed by atoms with Gasteiger partial charge in [0.05, 0.1) is 13.2 Å². The molecule has 2 unspecified atom stereocenters. The van der Waals surface area contributed by atoms with Crippen molar-refractivity contribution in [2.24, 2.45) is 0 Å². The average Bonchev–Trinajstić information content (AvgIpc) is 2.11. The van der Waals surface area contributed by atoms with Crippen molar-refractivity contribution in [2.75, 3.05) is 26.4 Å². The van der Waals surface area contributed by atoms with Crippen LogP contribution in [0.25, 0.3) is 0 Å². The first-order chi connectivity index (χ1) is 5.70. The van der Waals surface area contributed by atoms with Gasteiger partial charge in [0.25, 0.3) is 0 Å². The fraction of sp³-hybridized carbons (Fsp3) is 1.00. The van der Waals surface area contributed by atoms with E-state index in [4.69, 9.17) is 20.4 Å². The second kappa shape index (κ2) is 10.8. The minimum absolute atomic E-state index is 0. The molecule has 0 aromatic heterocycles. The molecule has 0 saturated heterocycles. The molecule has 0 aliphatic rings. The van der Waals surface area contributed by atoms with Crippen molar-refractivity contribution in [3.63, 3.8) is 0 Å². The second-order valence-corrected chi connectivity index (χ2v) is 2.24. The molecule has 0 aromatic rings. The third-order valence-electron chi connectivity index (χ3n) is 1.03. The number of hydrogen-bond acceptors (Lipinski definition) is 6. The van der Waals surface area contributed by atoms with E-state index in [-0.39, 0.29) is 42.8 Å². The molecule has 0 spiro atoms. The van der Waals surface area contributed by atoms with E-state index in [9.17, 15) is 0 Å². The van der Waals surface area contributed by atoms with Crippen molar-refractivity contribution >= 4 is 29.6 Å². The summed E-state index contributed by atoms with van der Waals surface area (Å²) in [6.45, 7) is -1.17. The SMILES string of the molecule is OCC(O)COOCC(O)CO.[NaH]. The van der Waals surface area contributed by atoms with E-state index in [0.29, 0.717) is 0 Å². The molecular formula is C6H15NaO6. The van der Waals surface area contributed by atoms with Crippen LogP contribution in [0.1, 0.15) is 0 Å². The summed E-state index contributed by atoms with van der Waals surface area (Å²) >= 11 is 0. The Morgan fingerprint density at radius 3 is 1.38 bits per heavy atom. The first-order valence-corrected chi connectivity index (χ1v) is 3.53. The van der Waals surface area contributed by atoms with Crippen molar-refractivity contribution in [3.05, 3.63) is 0 Å². The second-order valence-electron chi connectivity index (χ2n) is 2.24. The summed E-state index contributed by atoms with van der Waals surface area (Å²) in [5.41, 5.74) is 0. The summed E-state index contributed by atoms with van der Waals surface area (Å²) in [7, 11) is 0. The maximum absolute atomic E-state index is 8.71. The van der Waals surface area contributed by atoms with Crippen LogP contribution in [0.2, 0.25) is 0 Å². The Morgan fingerprint density at radius 2 is 1.15 bits per heavy atom. The van der Waals surface area contributed by atoms with Crippen LogP contribution >= 0.6 is 0 Å². The van der Waals surface area contributed by atoms with Crippen molar-refractivity contribution in [3.8, 4) is 0 Å². The molecule has 4 N–H and O–H groups in total. The van der Waals surface area contributed by atoms with Gasteiger partial charge in [-0.3, -0.25) is 0 Å². The summed E-state index contributed by atoms with van der Waals surface area (Å²) in [6.07, 6.45) is -1.98. The quantitative estimate of drug-likeness (QED) is 0.153. The monoisotopic (exact) mass is 206 g/mol. The van der Waals surface area contributed by atoms with Crippen LogP contribution in [0.3, 0.4) is 0 Å². The van der Waals surface area contributed by atoms with E-state index in [1.54, 1.807) is 0 Å². The number of rotatable bonds is 7. The predicted molar refractivity (Wildman–Crippen MR) is 45.2 cm³/mol. The van der Waals surface area contributed by atoms with Gasteiger partial charge in [-0.15, -0.1) is 0 Å². The van der Waals surface area contributed by atoms with Crippen LogP contribution in [0.4, 0.5) is 0 Å². The van der Waals surface area contributed by atoms with Gasteiger partial charge in [0, 0.05) is 0 Å². The van der Waals surface area contributed by atoms with Crippen LogP contribution in [-0.2, 0) is 9.78 Å². The molecule has 0 fully saturated rings. The van der Waals surface area contributed by atoms with Crippen LogP contribution in [0, 0.1) is 0 Å². The molecular weight excluding hydrogens is 191 g/mol. The molecule has 6 nitrogen and oxygen atoms in total. The maximum atomic E-state index is 8.71. The Kier molecular flexibility index (Phi) is 13.5. The van der Waals surface area contributed by atoms with Gasteiger partial charge >= 0.3 is 29.6 Å². The average molecular weight is 206 g/mol. The zero-order valence-electron chi connectivity index (χ0n) is 6.59. The molecule has 76 valence electrons. The fourth-order valence-corrected chi connectivity index (χ4v) is 0.359. The Labute approximate surface area is 98.3 Å². The van der Waals surface area contributed by atoms with Crippen molar-refractivity contribution in [1.82, 2.24) is 0 Å². The summed E-state index contributed by atoms with van der Waals surface area (Å²) in [5.74, 6) is 0. The van der Waals surface area contributed by atoms with E-state index < -0.39 is 25.4 Å². The predicted octanol–water partition coefficient (Wildman–Crippen LogP) is -3.01. The molecule has 0 aliphatic heterocycles. The van der Waals surface area contributed by atoms with Gasteiger partial charge in [0.15, 0.2) is 0 Å². The van der Waals surface area contributed by atoms with E-state index in [0.717, 1.165) is 0 Å². The Bertz CT molecular complexity index is 91.1. The zero-order valence-corrected chi connectivity index (χ0v) is 6.59. The van der Waals surface area contributed by atoms with E-state index >= 15 is 0 Å². The standard InChI is InChI=1S/C6H14O6.Na.H/c7-1-5(9)3-11-12-4-6(10)2-8;;/h5-10H,1-4H2;;. The van der Waals surface area contributed by atoms with Gasteiger partial charge < -0.3 is 20.4 Å². The molecule has 13 heavy (non-hydrogen) atoms. The summed E-state index contributed by atoms with van der Waals surface area (Å²) in [6, 6.07) is 0. The third-order valence-corrected chi connectivity index (χ3v) is 1.03. The number of aliphatic hydroxyl groups excluding tert-OH is 4. The topological polar surface area (TPSA) is 99.4 Å². The van der Waals surface area contributed by atoms with Gasteiger partial charge in [-0.1, -0.05) is 0 Å². The Morgan fingerprint density at radius 1 is 0.846 bits per heavy atom. The third kappa shape index (κ3) is 10.7. The van der Waals surface area contributed by atoms with Crippen molar-refractivity contribution in [2.45, 2.75) is 12.2 Å². The molecule has 0 rings (SSSR count). The normalized spacial score (nSPS) is 14.8. The summed E-state index contributed by atoms with van der Waals surface area (Å²) < 4.78 is 0. The minimum atomic E-state index is -0.990. The first kappa shape index (κ1) is 16.2. The van der Waals surface area contributed by atoms with Gasteiger partial charge in [-0.05, 0) is 0 Å². The van der Waals surface area contributed by atoms with Crippen LogP contribution < -0.4 is 0 Å². The van der Waals surface area contributed by atoms with E-state index in [2.05, 4.69) is 9.78 Å².